The summed E-state index contributed by atoms with van der Waals surface area (Å²) in [5.41, 5.74) is -2.35. The van der Waals surface area contributed by atoms with Crippen LogP contribution in [0.3, 0.4) is 0 Å². The molecule has 0 aliphatic rings. The van der Waals surface area contributed by atoms with Gasteiger partial charge < -0.3 is 15.4 Å². The number of ether oxygens (including phenoxy) is 1. The minimum Gasteiger partial charge on any atom is -0.449 e. The van der Waals surface area contributed by atoms with Crippen molar-refractivity contribution in [1.82, 2.24) is 10.6 Å². The van der Waals surface area contributed by atoms with E-state index < -0.39 is 23.1 Å². The quantitative estimate of drug-likeness (QED) is 0.785. The smallest absolute Gasteiger partial charge is 0.407 e. The normalized spacial score (nSPS) is 12.8. The Balaban J connectivity index is 4.79. The molecule has 0 fully saturated rings. The highest BCUT2D eigenvalue weighted by Crippen LogP contribution is 2.15. The van der Waals surface area contributed by atoms with Gasteiger partial charge in [0.1, 0.15) is 5.54 Å². The summed E-state index contributed by atoms with van der Waals surface area (Å²) in [7, 11) is 0. The van der Waals surface area contributed by atoms with Crippen LogP contribution < -0.4 is 10.6 Å². The molecule has 0 spiro atoms. The van der Waals surface area contributed by atoms with Gasteiger partial charge in [-0.15, -0.1) is 0 Å². The Hall–Kier alpha value is -1.59. The molecule has 0 aromatic heterocycles. The average Bonchev–Trinajstić information content (AvgIpc) is 2.33. The van der Waals surface area contributed by atoms with E-state index in [1.807, 2.05) is 20.8 Å². The third-order valence-corrected chi connectivity index (χ3v) is 3.18. The number of rotatable bonds is 6. The topological polar surface area (TPSA) is 84.5 Å². The van der Waals surface area contributed by atoms with Gasteiger partial charge >= 0.3 is 6.09 Å². The Morgan fingerprint density at radius 2 is 1.35 bits per heavy atom. The Kier molecular flexibility index (Phi) is 6.81. The van der Waals surface area contributed by atoms with Gasteiger partial charge in [0.15, 0.2) is 5.78 Å². The minimum absolute atomic E-state index is 0.0723. The molecule has 0 heterocycles. The van der Waals surface area contributed by atoms with Crippen molar-refractivity contribution in [3.63, 3.8) is 0 Å². The first kappa shape index (κ1) is 21.4. The molecule has 6 heteroatoms. The molecule has 0 unspecified atom stereocenters. The monoisotopic (exact) mass is 328 g/mol. The van der Waals surface area contributed by atoms with E-state index >= 15 is 0 Å². The van der Waals surface area contributed by atoms with Crippen molar-refractivity contribution in [1.29, 1.82) is 0 Å². The van der Waals surface area contributed by atoms with Crippen molar-refractivity contribution in [3.8, 4) is 0 Å². The SMILES string of the molecule is CC(C)C(=O)C(C)(C)NC(=O)C(C)(C)NC(=O)OCC(C)(C)C. The minimum atomic E-state index is -1.19. The van der Waals surface area contributed by atoms with Crippen LogP contribution in [0, 0.1) is 11.3 Å². The van der Waals surface area contributed by atoms with Gasteiger partial charge in [-0.1, -0.05) is 34.6 Å². The number of carbonyl (C=O) groups is 3. The summed E-state index contributed by atoms with van der Waals surface area (Å²) in [5, 5.41) is 5.23. The summed E-state index contributed by atoms with van der Waals surface area (Å²) < 4.78 is 5.11. The summed E-state index contributed by atoms with van der Waals surface area (Å²) in [5.74, 6) is -0.709. The lowest BCUT2D eigenvalue weighted by Gasteiger charge is -2.32. The highest BCUT2D eigenvalue weighted by Gasteiger charge is 2.37. The zero-order valence-electron chi connectivity index (χ0n) is 15.9. The lowest BCUT2D eigenvalue weighted by molar-refractivity contribution is -0.135. The first-order valence-corrected chi connectivity index (χ1v) is 7.90. The second kappa shape index (κ2) is 7.32. The molecule has 23 heavy (non-hydrogen) atoms. The molecule has 2 amide bonds. The molecule has 2 N–H and O–H groups in total. The summed E-state index contributed by atoms with van der Waals surface area (Å²) in [4.78, 5) is 36.4. The van der Waals surface area contributed by atoms with Gasteiger partial charge in [0.05, 0.1) is 12.1 Å². The number of hydrogen-bond acceptors (Lipinski definition) is 4. The fraction of sp³-hybridized carbons (Fsp3) is 0.824. The van der Waals surface area contributed by atoms with E-state index in [4.69, 9.17) is 4.74 Å². The first-order valence-electron chi connectivity index (χ1n) is 7.90. The van der Waals surface area contributed by atoms with Crippen LogP contribution in [0.25, 0.3) is 0 Å². The second-order valence-corrected chi connectivity index (χ2v) is 8.48. The molecule has 0 radical (unpaired) electrons. The second-order valence-electron chi connectivity index (χ2n) is 8.48. The van der Waals surface area contributed by atoms with Crippen LogP contribution in [0.1, 0.15) is 62.3 Å². The van der Waals surface area contributed by atoms with Crippen molar-refractivity contribution in [3.05, 3.63) is 0 Å². The number of amides is 2. The fourth-order valence-electron chi connectivity index (χ4n) is 1.85. The Morgan fingerprint density at radius 1 is 0.870 bits per heavy atom. The molecule has 0 saturated heterocycles. The maximum Gasteiger partial charge on any atom is 0.407 e. The maximum atomic E-state index is 12.4. The van der Waals surface area contributed by atoms with Gasteiger partial charge in [0.25, 0.3) is 0 Å². The molecule has 0 aliphatic heterocycles. The van der Waals surface area contributed by atoms with Crippen molar-refractivity contribution >= 4 is 17.8 Å². The van der Waals surface area contributed by atoms with Gasteiger partial charge in [0, 0.05) is 5.92 Å². The van der Waals surface area contributed by atoms with E-state index in [0.29, 0.717) is 0 Å². The van der Waals surface area contributed by atoms with Crippen molar-refractivity contribution in [2.24, 2.45) is 11.3 Å². The molecule has 0 atom stereocenters. The van der Waals surface area contributed by atoms with Crippen LogP contribution in [-0.4, -0.2) is 35.5 Å². The standard InChI is InChI=1S/C17H32N2O4/c1-11(2)12(20)16(6,7)18-13(21)17(8,9)19-14(22)23-10-15(3,4)5/h11H,10H2,1-9H3,(H,18,21)(H,19,22). The molecule has 0 aliphatic carbocycles. The Labute approximate surface area is 139 Å². The Bertz CT molecular complexity index is 460. The third kappa shape index (κ3) is 7.48. The van der Waals surface area contributed by atoms with E-state index in [0.717, 1.165) is 0 Å². The molecule has 0 aromatic carbocycles. The molecular formula is C17H32N2O4. The third-order valence-electron chi connectivity index (χ3n) is 3.18. The first-order chi connectivity index (χ1) is 10.1. The molecular weight excluding hydrogens is 296 g/mol. The molecule has 6 nitrogen and oxygen atoms in total. The highest BCUT2D eigenvalue weighted by molar-refractivity contribution is 5.96. The van der Waals surface area contributed by atoms with Crippen LogP contribution in [0.5, 0.6) is 0 Å². The molecule has 0 rings (SSSR count). The van der Waals surface area contributed by atoms with E-state index in [9.17, 15) is 14.4 Å². The lowest BCUT2D eigenvalue weighted by Crippen LogP contribution is -2.61. The molecule has 0 aromatic rings. The molecule has 0 bridgehead atoms. The van der Waals surface area contributed by atoms with Crippen molar-refractivity contribution in [2.45, 2.75) is 73.4 Å². The van der Waals surface area contributed by atoms with Crippen LogP contribution in [-0.2, 0) is 14.3 Å². The lowest BCUT2D eigenvalue weighted by atomic mass is 9.89. The van der Waals surface area contributed by atoms with Gasteiger partial charge in [-0.25, -0.2) is 4.79 Å². The number of Topliss-reactive ketones (excluding diaryl/α,β-unsaturated/α-hetero) is 1. The van der Waals surface area contributed by atoms with Crippen LogP contribution >= 0.6 is 0 Å². The summed E-state index contributed by atoms with van der Waals surface area (Å²) >= 11 is 0. The van der Waals surface area contributed by atoms with Crippen molar-refractivity contribution < 1.29 is 19.1 Å². The number of alkyl carbamates (subject to hydrolysis) is 1. The number of hydrogen-bond donors (Lipinski definition) is 2. The summed E-state index contributed by atoms with van der Waals surface area (Å²) in [6.45, 7) is 16.1. The highest BCUT2D eigenvalue weighted by atomic mass is 16.5. The molecule has 0 saturated carbocycles. The summed E-state index contributed by atoms with van der Waals surface area (Å²) in [6, 6.07) is 0. The largest absolute Gasteiger partial charge is 0.449 e. The molecule has 134 valence electrons. The van der Waals surface area contributed by atoms with Crippen LogP contribution in [0.4, 0.5) is 4.79 Å². The van der Waals surface area contributed by atoms with E-state index in [1.54, 1.807) is 41.5 Å². The van der Waals surface area contributed by atoms with Gasteiger partial charge in [0.2, 0.25) is 5.91 Å². The zero-order valence-corrected chi connectivity index (χ0v) is 15.9. The van der Waals surface area contributed by atoms with Gasteiger partial charge in [-0.2, -0.15) is 0 Å². The number of nitrogens with one attached hydrogen (secondary N) is 2. The Morgan fingerprint density at radius 3 is 1.74 bits per heavy atom. The predicted molar refractivity (Wildman–Crippen MR) is 90.1 cm³/mol. The zero-order chi connectivity index (χ0) is 18.6. The fourth-order valence-corrected chi connectivity index (χ4v) is 1.85. The number of ketones is 1. The van der Waals surface area contributed by atoms with Crippen LogP contribution in [0.15, 0.2) is 0 Å². The van der Waals surface area contributed by atoms with E-state index in [2.05, 4.69) is 10.6 Å². The van der Waals surface area contributed by atoms with Crippen molar-refractivity contribution in [2.75, 3.05) is 6.61 Å². The van der Waals surface area contributed by atoms with Gasteiger partial charge in [-0.3, -0.25) is 9.59 Å². The number of carbonyl (C=O) groups excluding carboxylic acids is 3. The summed E-state index contributed by atoms with van der Waals surface area (Å²) in [6.07, 6.45) is -0.659. The van der Waals surface area contributed by atoms with E-state index in [1.165, 1.54) is 0 Å². The maximum absolute atomic E-state index is 12.4. The van der Waals surface area contributed by atoms with E-state index in [-0.39, 0.29) is 23.7 Å². The average molecular weight is 328 g/mol. The van der Waals surface area contributed by atoms with Crippen LogP contribution in [0.2, 0.25) is 0 Å². The van der Waals surface area contributed by atoms with Gasteiger partial charge in [-0.05, 0) is 33.1 Å². The predicted octanol–water partition coefficient (Wildman–Crippen LogP) is 2.66.